The largest absolute Gasteiger partial charge is 0.360 e. The molecule has 2 amide bonds. The van der Waals surface area contributed by atoms with E-state index in [0.717, 1.165) is 12.0 Å². The van der Waals surface area contributed by atoms with Crippen molar-refractivity contribution in [2.75, 3.05) is 4.90 Å². The van der Waals surface area contributed by atoms with Crippen LogP contribution in [0.5, 0.6) is 0 Å². The molecule has 0 aromatic heterocycles. The van der Waals surface area contributed by atoms with Crippen molar-refractivity contribution in [1.29, 1.82) is 0 Å². The first-order valence-electron chi connectivity index (χ1n) is 11.0. The van der Waals surface area contributed by atoms with E-state index < -0.39 is 17.4 Å². The Morgan fingerprint density at radius 3 is 2.23 bits per heavy atom. The summed E-state index contributed by atoms with van der Waals surface area (Å²) in [4.78, 5) is 29.1. The van der Waals surface area contributed by atoms with Crippen LogP contribution in [0, 0.1) is 17.8 Å². The highest BCUT2D eigenvalue weighted by Gasteiger charge is 2.64. The zero-order chi connectivity index (χ0) is 21.4. The van der Waals surface area contributed by atoms with Crippen molar-refractivity contribution in [3.05, 3.63) is 90.0 Å². The summed E-state index contributed by atoms with van der Waals surface area (Å²) in [7, 11) is 0. The van der Waals surface area contributed by atoms with Crippen LogP contribution in [0.25, 0.3) is 0 Å². The Hall–Kier alpha value is -2.98. The van der Waals surface area contributed by atoms with Gasteiger partial charge >= 0.3 is 0 Å². The molecule has 2 aromatic rings. The van der Waals surface area contributed by atoms with Gasteiger partial charge in [0.15, 0.2) is 0 Å². The maximum Gasteiger partial charge on any atom is 0.238 e. The molecule has 0 spiro atoms. The lowest BCUT2D eigenvalue weighted by Gasteiger charge is -2.50. The first-order chi connectivity index (χ1) is 14.9. The van der Waals surface area contributed by atoms with E-state index in [4.69, 9.17) is 4.74 Å². The van der Waals surface area contributed by atoms with Crippen molar-refractivity contribution < 1.29 is 14.3 Å². The maximum absolute atomic E-state index is 13.9. The summed E-state index contributed by atoms with van der Waals surface area (Å²) in [5.74, 6) is -1.32. The van der Waals surface area contributed by atoms with E-state index in [9.17, 15) is 9.59 Å². The predicted molar refractivity (Wildman–Crippen MR) is 118 cm³/mol. The zero-order valence-electron chi connectivity index (χ0n) is 17.7. The number of benzene rings is 2. The van der Waals surface area contributed by atoms with Crippen LogP contribution in [-0.2, 0) is 14.3 Å². The van der Waals surface area contributed by atoms with Crippen LogP contribution in [0.3, 0.4) is 0 Å². The van der Waals surface area contributed by atoms with E-state index >= 15 is 0 Å². The quantitative estimate of drug-likeness (QED) is 0.534. The van der Waals surface area contributed by atoms with Gasteiger partial charge in [-0.25, -0.2) is 0 Å². The SMILES string of the molecule is C[C@]12C=C[C@](C)(O1)[C@H]1C(=C[C@@H](c3ccccc3)[C@H]3C(=O)N(c4ccccc4)C(=O)[C@H]31)C2. The third kappa shape index (κ3) is 2.58. The Balaban J connectivity index is 1.54. The lowest BCUT2D eigenvalue weighted by atomic mass is 9.60. The molecular formula is C27H25NO3. The topological polar surface area (TPSA) is 46.6 Å². The second-order valence-corrected chi connectivity index (χ2v) is 9.66. The van der Waals surface area contributed by atoms with Crippen LogP contribution in [0.15, 0.2) is 84.5 Å². The molecule has 1 aliphatic carbocycles. The van der Waals surface area contributed by atoms with Gasteiger partial charge in [-0.2, -0.15) is 0 Å². The fourth-order valence-electron chi connectivity index (χ4n) is 6.39. The molecule has 4 heteroatoms. The number of nitrogens with zero attached hydrogens (tertiary/aromatic N) is 1. The summed E-state index contributed by atoms with van der Waals surface area (Å²) in [6.07, 6.45) is 7.27. The molecule has 0 saturated carbocycles. The number of rotatable bonds is 2. The minimum absolute atomic E-state index is 0.105. The summed E-state index contributed by atoms with van der Waals surface area (Å²) in [5.41, 5.74) is 2.05. The van der Waals surface area contributed by atoms with Crippen molar-refractivity contribution >= 4 is 17.5 Å². The Morgan fingerprint density at radius 1 is 0.871 bits per heavy atom. The zero-order valence-corrected chi connectivity index (χ0v) is 17.7. The van der Waals surface area contributed by atoms with E-state index in [1.807, 2.05) is 48.5 Å². The fourth-order valence-corrected chi connectivity index (χ4v) is 6.39. The van der Waals surface area contributed by atoms with Crippen molar-refractivity contribution in [3.8, 4) is 0 Å². The van der Waals surface area contributed by atoms with E-state index in [2.05, 4.69) is 44.2 Å². The molecule has 6 rings (SSSR count). The lowest BCUT2D eigenvalue weighted by molar-refractivity contribution is -0.146. The second kappa shape index (κ2) is 6.27. The van der Waals surface area contributed by atoms with E-state index in [1.54, 1.807) is 0 Å². The normalized spacial score (nSPS) is 38.1. The summed E-state index contributed by atoms with van der Waals surface area (Å²) >= 11 is 0. The minimum Gasteiger partial charge on any atom is -0.360 e. The van der Waals surface area contributed by atoms with Crippen LogP contribution in [0.1, 0.15) is 31.7 Å². The number of carbonyl (C=O) groups excluding carboxylic acids is 2. The van der Waals surface area contributed by atoms with Gasteiger partial charge in [-0.15, -0.1) is 0 Å². The van der Waals surface area contributed by atoms with Crippen molar-refractivity contribution in [2.45, 2.75) is 37.4 Å². The highest BCUT2D eigenvalue weighted by molar-refractivity contribution is 6.22. The number of anilines is 1. The van der Waals surface area contributed by atoms with Gasteiger partial charge in [0.05, 0.1) is 28.7 Å². The van der Waals surface area contributed by atoms with Crippen molar-refractivity contribution in [1.82, 2.24) is 0 Å². The van der Waals surface area contributed by atoms with Crippen molar-refractivity contribution in [3.63, 3.8) is 0 Å². The molecular weight excluding hydrogens is 386 g/mol. The van der Waals surface area contributed by atoms with Gasteiger partial charge in [-0.05, 0) is 31.5 Å². The first-order valence-corrected chi connectivity index (χ1v) is 11.0. The summed E-state index contributed by atoms with van der Waals surface area (Å²) < 4.78 is 6.48. The fraction of sp³-hybridized carbons (Fsp3) is 0.333. The number of carbonyl (C=O) groups is 2. The second-order valence-electron chi connectivity index (χ2n) is 9.66. The van der Waals surface area contributed by atoms with Gasteiger partial charge in [0.2, 0.25) is 11.8 Å². The predicted octanol–water partition coefficient (Wildman–Crippen LogP) is 4.64. The Morgan fingerprint density at radius 2 is 1.52 bits per heavy atom. The van der Waals surface area contributed by atoms with Gasteiger partial charge in [0.1, 0.15) is 0 Å². The van der Waals surface area contributed by atoms with Gasteiger partial charge in [0.25, 0.3) is 0 Å². The molecule has 4 nitrogen and oxygen atoms in total. The molecule has 3 aliphatic heterocycles. The van der Waals surface area contributed by atoms with Crippen LogP contribution < -0.4 is 4.90 Å². The van der Waals surface area contributed by atoms with Crippen LogP contribution >= 0.6 is 0 Å². The number of hydrogen-bond donors (Lipinski definition) is 0. The monoisotopic (exact) mass is 411 g/mol. The molecule has 0 radical (unpaired) electrons. The molecule has 2 saturated heterocycles. The molecule has 6 atom stereocenters. The average Bonchev–Trinajstić information content (AvgIpc) is 3.18. The molecule has 31 heavy (non-hydrogen) atoms. The standard InChI is InChI=1S/C27H25NO3/c1-26-13-14-27(2,31-26)23-18(16-26)15-20(17-9-5-3-6-10-17)21-22(23)25(30)28(24(21)29)19-11-7-4-8-12-19/h3-15,20-23H,16H2,1-2H3/t20-,21+,22+,23-,26+,27-/m0/s1. The number of ether oxygens (including phenoxy) is 1. The van der Waals surface area contributed by atoms with Gasteiger partial charge < -0.3 is 4.74 Å². The summed E-state index contributed by atoms with van der Waals surface area (Å²) in [5, 5.41) is 0. The highest BCUT2D eigenvalue weighted by atomic mass is 16.5. The van der Waals surface area contributed by atoms with Crippen LogP contribution in [0.2, 0.25) is 0 Å². The molecule has 2 fully saturated rings. The highest BCUT2D eigenvalue weighted by Crippen LogP contribution is 2.59. The average molecular weight is 412 g/mol. The smallest absolute Gasteiger partial charge is 0.238 e. The molecule has 4 aliphatic rings. The molecule has 0 N–H and O–H groups in total. The molecule has 2 bridgehead atoms. The Bertz CT molecular complexity index is 1140. The summed E-state index contributed by atoms with van der Waals surface area (Å²) in [6, 6.07) is 19.4. The van der Waals surface area contributed by atoms with E-state index in [0.29, 0.717) is 5.69 Å². The van der Waals surface area contributed by atoms with Gasteiger partial charge in [0, 0.05) is 18.3 Å². The molecule has 156 valence electrons. The number of fused-ring (bicyclic) bond motifs is 6. The van der Waals surface area contributed by atoms with Crippen molar-refractivity contribution in [2.24, 2.45) is 17.8 Å². The number of hydrogen-bond acceptors (Lipinski definition) is 3. The lowest BCUT2D eigenvalue weighted by Crippen LogP contribution is -2.53. The third-order valence-corrected chi connectivity index (χ3v) is 7.53. The van der Waals surface area contributed by atoms with Crippen LogP contribution in [0.4, 0.5) is 5.69 Å². The van der Waals surface area contributed by atoms with Crippen LogP contribution in [-0.4, -0.2) is 23.0 Å². The van der Waals surface area contributed by atoms with Gasteiger partial charge in [-0.1, -0.05) is 72.3 Å². The molecule has 0 unspecified atom stereocenters. The molecule has 3 heterocycles. The minimum atomic E-state index is -0.577. The maximum atomic E-state index is 13.9. The van der Waals surface area contributed by atoms with Gasteiger partial charge in [-0.3, -0.25) is 14.5 Å². The molecule has 2 aromatic carbocycles. The number of para-hydroxylation sites is 1. The number of imide groups is 1. The number of allylic oxidation sites excluding steroid dienone is 1. The summed E-state index contributed by atoms with van der Waals surface area (Å²) in [6.45, 7) is 4.17. The number of amides is 2. The Labute approximate surface area is 182 Å². The first kappa shape index (κ1) is 18.8. The van der Waals surface area contributed by atoms with E-state index in [1.165, 1.54) is 10.5 Å². The Kier molecular flexibility index (Phi) is 3.79. The third-order valence-electron chi connectivity index (χ3n) is 7.53. The van der Waals surface area contributed by atoms with E-state index in [-0.39, 0.29) is 29.3 Å².